The second-order valence-electron chi connectivity index (χ2n) is 4.62. The molecule has 0 aromatic heterocycles. The fourth-order valence-electron chi connectivity index (χ4n) is 1.91. The first-order valence-electron chi connectivity index (χ1n) is 6.63. The van der Waals surface area contributed by atoms with Crippen LogP contribution < -0.4 is 0 Å². The molecule has 4 heteroatoms. The zero-order chi connectivity index (χ0) is 13.8. The second kappa shape index (κ2) is 10.8. The third-order valence-corrected chi connectivity index (χ3v) is 2.98. The topological polar surface area (TPSA) is 74.6 Å². The van der Waals surface area contributed by atoms with Crippen molar-refractivity contribution in [3.8, 4) is 0 Å². The zero-order valence-electron chi connectivity index (χ0n) is 10.9. The van der Waals surface area contributed by atoms with Gasteiger partial charge in [-0.2, -0.15) is 0 Å². The summed E-state index contributed by atoms with van der Waals surface area (Å²) in [6.07, 6.45) is 9.56. The third kappa shape index (κ3) is 9.87. The molecule has 0 aliphatic heterocycles. The number of rotatable bonds is 12. The first-order valence-corrected chi connectivity index (χ1v) is 6.63. The van der Waals surface area contributed by atoms with Crippen LogP contribution in [0.5, 0.6) is 0 Å². The van der Waals surface area contributed by atoms with Crippen LogP contribution in [-0.4, -0.2) is 22.2 Å². The van der Waals surface area contributed by atoms with E-state index in [2.05, 4.69) is 6.58 Å². The van der Waals surface area contributed by atoms with Gasteiger partial charge in [-0.1, -0.05) is 38.2 Å². The van der Waals surface area contributed by atoms with E-state index in [1.54, 1.807) is 0 Å². The molecule has 0 saturated heterocycles. The highest BCUT2D eigenvalue weighted by Crippen LogP contribution is 2.16. The minimum Gasteiger partial charge on any atom is -0.481 e. The van der Waals surface area contributed by atoms with Crippen molar-refractivity contribution in [3.63, 3.8) is 0 Å². The SMILES string of the molecule is C=CCCCCCCCCC(CC(=O)O)C(=O)O. The number of hydrogen-bond acceptors (Lipinski definition) is 2. The summed E-state index contributed by atoms with van der Waals surface area (Å²) in [4.78, 5) is 21.3. The Morgan fingerprint density at radius 3 is 2.06 bits per heavy atom. The van der Waals surface area contributed by atoms with Gasteiger partial charge in [-0.25, -0.2) is 0 Å². The maximum atomic E-state index is 10.8. The van der Waals surface area contributed by atoms with Crippen LogP contribution in [0.2, 0.25) is 0 Å². The molecule has 104 valence electrons. The van der Waals surface area contributed by atoms with E-state index >= 15 is 0 Å². The Labute approximate surface area is 109 Å². The maximum Gasteiger partial charge on any atom is 0.307 e. The summed E-state index contributed by atoms with van der Waals surface area (Å²) in [5, 5.41) is 17.4. The van der Waals surface area contributed by atoms with Crippen molar-refractivity contribution in [2.75, 3.05) is 0 Å². The van der Waals surface area contributed by atoms with Gasteiger partial charge in [-0.3, -0.25) is 9.59 Å². The molecule has 1 atom stereocenters. The Bertz CT molecular complexity index is 261. The van der Waals surface area contributed by atoms with Crippen molar-refractivity contribution in [2.24, 2.45) is 5.92 Å². The summed E-state index contributed by atoms with van der Waals surface area (Å²) in [7, 11) is 0. The highest BCUT2D eigenvalue weighted by Gasteiger charge is 2.19. The monoisotopic (exact) mass is 256 g/mol. The molecule has 0 saturated carbocycles. The van der Waals surface area contributed by atoms with Gasteiger partial charge in [0.2, 0.25) is 0 Å². The number of carboxylic acids is 2. The standard InChI is InChI=1S/C14H24O4/c1-2-3-4-5-6-7-8-9-10-12(14(17)18)11-13(15)16/h2,12H,1,3-11H2,(H,15,16)(H,17,18). The number of aliphatic carboxylic acids is 2. The molecule has 0 aromatic rings. The van der Waals surface area contributed by atoms with E-state index in [4.69, 9.17) is 10.2 Å². The van der Waals surface area contributed by atoms with E-state index in [1.165, 1.54) is 12.8 Å². The molecule has 0 spiro atoms. The molecular weight excluding hydrogens is 232 g/mol. The van der Waals surface area contributed by atoms with Crippen LogP contribution in [0.25, 0.3) is 0 Å². The van der Waals surface area contributed by atoms with E-state index in [-0.39, 0.29) is 6.42 Å². The van der Waals surface area contributed by atoms with Gasteiger partial charge in [-0.05, 0) is 19.3 Å². The van der Waals surface area contributed by atoms with Crippen molar-refractivity contribution in [3.05, 3.63) is 12.7 Å². The summed E-state index contributed by atoms with van der Waals surface area (Å²) in [5.74, 6) is -2.77. The Morgan fingerprint density at radius 1 is 1.00 bits per heavy atom. The predicted molar refractivity (Wildman–Crippen MR) is 70.5 cm³/mol. The first kappa shape index (κ1) is 16.7. The van der Waals surface area contributed by atoms with Crippen LogP contribution in [-0.2, 0) is 9.59 Å². The average Bonchev–Trinajstić information content (AvgIpc) is 2.30. The molecule has 2 N–H and O–H groups in total. The normalized spacial score (nSPS) is 12.0. The van der Waals surface area contributed by atoms with Crippen molar-refractivity contribution in [1.82, 2.24) is 0 Å². The Hall–Kier alpha value is -1.32. The number of unbranched alkanes of at least 4 members (excludes halogenated alkanes) is 6. The molecule has 4 nitrogen and oxygen atoms in total. The van der Waals surface area contributed by atoms with E-state index in [0.717, 1.165) is 32.1 Å². The lowest BCUT2D eigenvalue weighted by molar-refractivity contribution is -0.148. The fourth-order valence-corrected chi connectivity index (χ4v) is 1.91. The van der Waals surface area contributed by atoms with Crippen LogP contribution in [0.1, 0.15) is 57.8 Å². The fraction of sp³-hybridized carbons (Fsp3) is 0.714. The summed E-state index contributed by atoms with van der Waals surface area (Å²) in [5.41, 5.74) is 0. The van der Waals surface area contributed by atoms with E-state index < -0.39 is 17.9 Å². The first-order chi connectivity index (χ1) is 8.57. The molecule has 0 radical (unpaired) electrons. The molecule has 0 fully saturated rings. The van der Waals surface area contributed by atoms with Crippen molar-refractivity contribution >= 4 is 11.9 Å². The lowest BCUT2D eigenvalue weighted by atomic mass is 9.97. The Morgan fingerprint density at radius 2 is 1.56 bits per heavy atom. The number of allylic oxidation sites excluding steroid dienone is 1. The Kier molecular flexibility index (Phi) is 10.0. The minimum atomic E-state index is -1.04. The van der Waals surface area contributed by atoms with Crippen molar-refractivity contribution in [2.45, 2.75) is 57.8 Å². The number of hydrogen-bond donors (Lipinski definition) is 2. The van der Waals surface area contributed by atoms with Crippen LogP contribution >= 0.6 is 0 Å². The molecule has 0 amide bonds. The molecule has 0 aromatic carbocycles. The number of carboxylic acid groups (broad SMARTS) is 2. The van der Waals surface area contributed by atoms with Gasteiger partial charge in [0.05, 0.1) is 12.3 Å². The van der Waals surface area contributed by atoms with Gasteiger partial charge in [-0.15, -0.1) is 6.58 Å². The molecule has 0 heterocycles. The van der Waals surface area contributed by atoms with Gasteiger partial charge < -0.3 is 10.2 Å². The van der Waals surface area contributed by atoms with Crippen LogP contribution in [0.4, 0.5) is 0 Å². The quantitative estimate of drug-likeness (QED) is 0.414. The lowest BCUT2D eigenvalue weighted by Crippen LogP contribution is -2.17. The largest absolute Gasteiger partial charge is 0.481 e. The van der Waals surface area contributed by atoms with E-state index in [1.807, 2.05) is 6.08 Å². The molecule has 1 unspecified atom stereocenters. The molecule has 0 bridgehead atoms. The lowest BCUT2D eigenvalue weighted by Gasteiger charge is -2.09. The highest BCUT2D eigenvalue weighted by molar-refractivity contribution is 5.77. The summed E-state index contributed by atoms with van der Waals surface area (Å²) < 4.78 is 0. The Balaban J connectivity index is 3.52. The zero-order valence-corrected chi connectivity index (χ0v) is 10.9. The van der Waals surface area contributed by atoms with Crippen LogP contribution in [0.15, 0.2) is 12.7 Å². The smallest absolute Gasteiger partial charge is 0.307 e. The second-order valence-corrected chi connectivity index (χ2v) is 4.62. The summed E-state index contributed by atoms with van der Waals surface area (Å²) >= 11 is 0. The van der Waals surface area contributed by atoms with Crippen molar-refractivity contribution in [1.29, 1.82) is 0 Å². The van der Waals surface area contributed by atoms with Gasteiger partial charge in [0.15, 0.2) is 0 Å². The molecule has 0 aliphatic rings. The van der Waals surface area contributed by atoms with Gasteiger partial charge in [0.1, 0.15) is 0 Å². The van der Waals surface area contributed by atoms with Gasteiger partial charge in [0.25, 0.3) is 0 Å². The molecular formula is C14H24O4. The maximum absolute atomic E-state index is 10.8. The molecule has 0 aliphatic carbocycles. The van der Waals surface area contributed by atoms with Crippen molar-refractivity contribution < 1.29 is 19.8 Å². The number of carbonyl (C=O) groups is 2. The van der Waals surface area contributed by atoms with E-state index in [0.29, 0.717) is 6.42 Å². The summed E-state index contributed by atoms with van der Waals surface area (Å²) in [6, 6.07) is 0. The predicted octanol–water partition coefficient (Wildman–Crippen LogP) is 3.47. The van der Waals surface area contributed by atoms with Gasteiger partial charge >= 0.3 is 11.9 Å². The minimum absolute atomic E-state index is 0.269. The summed E-state index contributed by atoms with van der Waals surface area (Å²) in [6.45, 7) is 3.66. The average molecular weight is 256 g/mol. The third-order valence-electron chi connectivity index (χ3n) is 2.98. The van der Waals surface area contributed by atoms with Crippen LogP contribution in [0, 0.1) is 5.92 Å². The van der Waals surface area contributed by atoms with Gasteiger partial charge in [0, 0.05) is 0 Å². The molecule has 18 heavy (non-hydrogen) atoms. The molecule has 0 rings (SSSR count). The highest BCUT2D eigenvalue weighted by atomic mass is 16.4. The van der Waals surface area contributed by atoms with E-state index in [9.17, 15) is 9.59 Å². The van der Waals surface area contributed by atoms with Crippen LogP contribution in [0.3, 0.4) is 0 Å².